The molecule has 0 aromatic rings. The Bertz CT molecular complexity index is 564. The van der Waals surface area contributed by atoms with E-state index in [0.717, 1.165) is 0 Å². The summed E-state index contributed by atoms with van der Waals surface area (Å²) in [6.45, 7) is 7.45. The molecule has 27 heavy (non-hydrogen) atoms. The van der Waals surface area contributed by atoms with Gasteiger partial charge in [0.25, 0.3) is 0 Å². The molecule has 3 unspecified atom stereocenters. The van der Waals surface area contributed by atoms with Crippen molar-refractivity contribution in [1.82, 2.24) is 15.5 Å². The molecule has 0 spiro atoms. The summed E-state index contributed by atoms with van der Waals surface area (Å²) in [5, 5.41) is 14.4. The third-order valence-corrected chi connectivity index (χ3v) is 4.59. The Hall–Kier alpha value is -2.16. The van der Waals surface area contributed by atoms with Crippen molar-refractivity contribution in [2.75, 3.05) is 13.1 Å². The molecule has 0 aromatic carbocycles. The predicted octanol–water partition coefficient (Wildman–Crippen LogP) is -0.308. The molecule has 0 aromatic heterocycles. The maximum Gasteiger partial charge on any atom is 0.326 e. The van der Waals surface area contributed by atoms with E-state index in [9.17, 15) is 24.3 Å². The zero-order valence-corrected chi connectivity index (χ0v) is 16.5. The number of nitrogens with two attached hydrogens (primary N) is 1. The number of hydrogen-bond donors (Lipinski definition) is 4. The molecular formula is C18H32N4O5. The first-order valence-electron chi connectivity index (χ1n) is 9.41. The number of carboxylic acid groups (broad SMARTS) is 1. The van der Waals surface area contributed by atoms with E-state index in [0.29, 0.717) is 25.8 Å². The van der Waals surface area contributed by atoms with E-state index >= 15 is 0 Å². The Balaban J connectivity index is 2.91. The highest BCUT2D eigenvalue weighted by molar-refractivity contribution is 5.94. The molecule has 1 fully saturated rings. The second-order valence-corrected chi connectivity index (χ2v) is 7.71. The second-order valence-electron chi connectivity index (χ2n) is 7.71. The molecule has 1 aliphatic heterocycles. The Labute approximate surface area is 160 Å². The zero-order chi connectivity index (χ0) is 20.7. The Morgan fingerprint density at radius 1 is 1.15 bits per heavy atom. The number of nitrogens with one attached hydrogen (secondary N) is 2. The van der Waals surface area contributed by atoms with Crippen molar-refractivity contribution in [3.63, 3.8) is 0 Å². The third kappa shape index (κ3) is 6.50. The van der Waals surface area contributed by atoms with Gasteiger partial charge in [-0.3, -0.25) is 14.4 Å². The van der Waals surface area contributed by atoms with Crippen molar-refractivity contribution in [2.24, 2.45) is 17.6 Å². The van der Waals surface area contributed by atoms with Crippen LogP contribution >= 0.6 is 0 Å². The van der Waals surface area contributed by atoms with Crippen molar-refractivity contribution in [3.8, 4) is 0 Å². The van der Waals surface area contributed by atoms with Crippen molar-refractivity contribution >= 4 is 23.7 Å². The molecule has 1 heterocycles. The average molecular weight is 384 g/mol. The molecule has 1 rings (SSSR count). The monoisotopic (exact) mass is 384 g/mol. The van der Waals surface area contributed by atoms with Crippen LogP contribution in [-0.2, 0) is 19.2 Å². The van der Waals surface area contributed by atoms with Crippen molar-refractivity contribution in [2.45, 2.75) is 65.1 Å². The summed E-state index contributed by atoms with van der Waals surface area (Å²) in [6, 6.07) is -2.50. The molecule has 9 heteroatoms. The summed E-state index contributed by atoms with van der Waals surface area (Å²) in [7, 11) is 0. The van der Waals surface area contributed by atoms with Crippen molar-refractivity contribution in [3.05, 3.63) is 0 Å². The zero-order valence-electron chi connectivity index (χ0n) is 16.5. The lowest BCUT2D eigenvalue weighted by Gasteiger charge is -2.30. The summed E-state index contributed by atoms with van der Waals surface area (Å²) < 4.78 is 0. The third-order valence-electron chi connectivity index (χ3n) is 4.59. The normalized spacial score (nSPS) is 19.1. The number of carboxylic acids is 1. The highest BCUT2D eigenvalue weighted by Gasteiger charge is 2.39. The van der Waals surface area contributed by atoms with Gasteiger partial charge in [0.05, 0.1) is 6.54 Å². The molecule has 0 radical (unpaired) electrons. The molecule has 1 aliphatic rings. The van der Waals surface area contributed by atoms with Crippen LogP contribution in [-0.4, -0.2) is 64.9 Å². The van der Waals surface area contributed by atoms with Gasteiger partial charge in [-0.2, -0.15) is 0 Å². The number of likely N-dealkylation sites (tertiary alicyclic amines) is 1. The van der Waals surface area contributed by atoms with Gasteiger partial charge in [0.2, 0.25) is 17.7 Å². The minimum Gasteiger partial charge on any atom is -0.480 e. The van der Waals surface area contributed by atoms with Gasteiger partial charge in [0.1, 0.15) is 18.1 Å². The molecule has 0 saturated carbocycles. The molecule has 1 saturated heterocycles. The molecule has 5 N–H and O–H groups in total. The van der Waals surface area contributed by atoms with Crippen LogP contribution in [0, 0.1) is 11.8 Å². The summed E-state index contributed by atoms with van der Waals surface area (Å²) >= 11 is 0. The molecule has 3 atom stereocenters. The van der Waals surface area contributed by atoms with E-state index in [1.165, 1.54) is 4.90 Å². The van der Waals surface area contributed by atoms with Gasteiger partial charge >= 0.3 is 5.97 Å². The van der Waals surface area contributed by atoms with Gasteiger partial charge < -0.3 is 26.4 Å². The molecular weight excluding hydrogens is 352 g/mol. The number of nitrogens with zero attached hydrogens (tertiary/aromatic N) is 1. The van der Waals surface area contributed by atoms with E-state index in [-0.39, 0.29) is 24.3 Å². The van der Waals surface area contributed by atoms with Gasteiger partial charge in [0.15, 0.2) is 0 Å². The fourth-order valence-corrected chi connectivity index (χ4v) is 3.21. The van der Waals surface area contributed by atoms with Crippen LogP contribution in [0.2, 0.25) is 0 Å². The lowest BCUT2D eigenvalue weighted by molar-refractivity contribution is -0.145. The largest absolute Gasteiger partial charge is 0.480 e. The minimum absolute atomic E-state index is 0.157. The quantitative estimate of drug-likeness (QED) is 0.430. The van der Waals surface area contributed by atoms with Crippen LogP contribution in [0.25, 0.3) is 0 Å². The molecule has 3 amide bonds. The maximum atomic E-state index is 13.0. The fourth-order valence-electron chi connectivity index (χ4n) is 3.21. The summed E-state index contributed by atoms with van der Waals surface area (Å²) in [4.78, 5) is 50.1. The predicted molar refractivity (Wildman–Crippen MR) is 99.6 cm³/mol. The lowest BCUT2D eigenvalue weighted by atomic mass is 10.0. The average Bonchev–Trinajstić information content (AvgIpc) is 3.06. The second kappa shape index (κ2) is 10.2. The molecule has 0 aliphatic carbocycles. The van der Waals surface area contributed by atoms with Gasteiger partial charge in [-0.1, -0.05) is 27.7 Å². The van der Waals surface area contributed by atoms with Crippen LogP contribution in [0.3, 0.4) is 0 Å². The van der Waals surface area contributed by atoms with E-state index < -0.39 is 35.9 Å². The maximum absolute atomic E-state index is 13.0. The fraction of sp³-hybridized carbons (Fsp3) is 0.778. The highest BCUT2D eigenvalue weighted by Crippen LogP contribution is 2.21. The Morgan fingerprint density at radius 2 is 1.78 bits per heavy atom. The van der Waals surface area contributed by atoms with Crippen LogP contribution in [0.1, 0.15) is 47.0 Å². The number of rotatable bonds is 9. The summed E-state index contributed by atoms with van der Waals surface area (Å²) in [5.41, 5.74) is 5.34. The first kappa shape index (κ1) is 22.9. The van der Waals surface area contributed by atoms with E-state index in [1.54, 1.807) is 13.8 Å². The van der Waals surface area contributed by atoms with Crippen LogP contribution in [0.15, 0.2) is 0 Å². The lowest BCUT2D eigenvalue weighted by Crippen LogP contribution is -2.56. The number of carbonyl (C=O) groups excluding carboxylic acids is 3. The van der Waals surface area contributed by atoms with Gasteiger partial charge in [-0.15, -0.1) is 0 Å². The van der Waals surface area contributed by atoms with Gasteiger partial charge in [0, 0.05) is 6.54 Å². The van der Waals surface area contributed by atoms with Crippen LogP contribution in [0.5, 0.6) is 0 Å². The molecule has 0 bridgehead atoms. The molecule has 154 valence electrons. The van der Waals surface area contributed by atoms with Crippen molar-refractivity contribution < 1.29 is 24.3 Å². The van der Waals surface area contributed by atoms with Gasteiger partial charge in [-0.25, -0.2) is 4.79 Å². The first-order chi connectivity index (χ1) is 12.6. The Morgan fingerprint density at radius 3 is 2.26 bits per heavy atom. The topological polar surface area (TPSA) is 142 Å². The highest BCUT2D eigenvalue weighted by atomic mass is 16.4. The number of aliphatic carboxylic acids is 1. The number of amides is 3. The Kier molecular flexibility index (Phi) is 8.68. The standard InChI is InChI=1S/C18H32N4O5/c1-10(2)8-12(20-14(23)9-19)17(25)22-7-5-6-13(22)16(24)21-15(11(3)4)18(26)27/h10-13,15H,5-9,19H2,1-4H3,(H,20,23)(H,21,24)(H,26,27). The van der Waals surface area contributed by atoms with Crippen LogP contribution in [0.4, 0.5) is 0 Å². The number of carbonyl (C=O) groups is 4. The van der Waals surface area contributed by atoms with Crippen LogP contribution < -0.4 is 16.4 Å². The summed E-state index contributed by atoms with van der Waals surface area (Å²) in [6.07, 6.45) is 1.53. The van der Waals surface area contributed by atoms with E-state index in [4.69, 9.17) is 5.73 Å². The van der Waals surface area contributed by atoms with E-state index in [1.807, 2.05) is 13.8 Å². The number of hydrogen-bond acceptors (Lipinski definition) is 5. The van der Waals surface area contributed by atoms with E-state index in [2.05, 4.69) is 10.6 Å². The minimum atomic E-state index is -1.11. The molecule has 9 nitrogen and oxygen atoms in total. The van der Waals surface area contributed by atoms with Gasteiger partial charge in [-0.05, 0) is 31.1 Å². The van der Waals surface area contributed by atoms with Crippen molar-refractivity contribution in [1.29, 1.82) is 0 Å². The first-order valence-corrected chi connectivity index (χ1v) is 9.41. The summed E-state index contributed by atoms with van der Waals surface area (Å²) in [5.74, 6) is -2.48. The SMILES string of the molecule is CC(C)CC(NC(=O)CN)C(=O)N1CCCC1C(=O)NC(C(=O)O)C(C)C. The smallest absolute Gasteiger partial charge is 0.326 e.